The smallest absolute Gasteiger partial charge is 0.295 e. The molecule has 0 aromatic heterocycles. The van der Waals surface area contributed by atoms with Gasteiger partial charge in [0.2, 0.25) is 0 Å². The summed E-state index contributed by atoms with van der Waals surface area (Å²) < 4.78 is 11.4. The van der Waals surface area contributed by atoms with Crippen molar-refractivity contribution in [3.05, 3.63) is 69.7 Å². The number of carbonyl (C=O) groups excluding carboxylic acids is 2. The Labute approximate surface area is 184 Å². The highest BCUT2D eigenvalue weighted by Gasteiger charge is 2.45. The van der Waals surface area contributed by atoms with E-state index in [1.807, 2.05) is 31.2 Å². The molecule has 1 heterocycles. The molecule has 158 valence electrons. The highest BCUT2D eigenvalue weighted by molar-refractivity contribution is 9.10. The second-order valence-electron chi connectivity index (χ2n) is 6.85. The van der Waals surface area contributed by atoms with Crippen molar-refractivity contribution in [1.82, 2.24) is 4.90 Å². The van der Waals surface area contributed by atoms with Gasteiger partial charge in [-0.15, -0.1) is 0 Å². The van der Waals surface area contributed by atoms with Crippen LogP contribution in [-0.4, -0.2) is 48.6 Å². The van der Waals surface area contributed by atoms with Crippen molar-refractivity contribution in [2.24, 2.45) is 0 Å². The van der Waals surface area contributed by atoms with E-state index in [4.69, 9.17) is 9.47 Å². The number of hydrogen-bond acceptors (Lipinski definition) is 5. The molecule has 1 amide bonds. The van der Waals surface area contributed by atoms with Crippen molar-refractivity contribution in [3.8, 4) is 5.75 Å². The monoisotopic (exact) mass is 473 g/mol. The Balaban J connectivity index is 2.11. The lowest BCUT2D eigenvalue weighted by molar-refractivity contribution is -0.140. The normalized spacial score (nSPS) is 18.1. The molecule has 1 fully saturated rings. The summed E-state index contributed by atoms with van der Waals surface area (Å²) >= 11 is 3.45. The van der Waals surface area contributed by atoms with Gasteiger partial charge in [0.1, 0.15) is 11.5 Å². The molecule has 2 aromatic rings. The largest absolute Gasteiger partial charge is 0.507 e. The first-order valence-electron chi connectivity index (χ1n) is 9.74. The number of ether oxygens (including phenoxy) is 2. The molecule has 6 nitrogen and oxygen atoms in total. The van der Waals surface area contributed by atoms with Crippen molar-refractivity contribution < 1.29 is 24.2 Å². The highest BCUT2D eigenvalue weighted by atomic mass is 79.9. The zero-order valence-corrected chi connectivity index (χ0v) is 18.5. The maximum absolute atomic E-state index is 13.0. The number of aliphatic hydroxyl groups is 1. The number of halogens is 1. The average Bonchev–Trinajstić information content (AvgIpc) is 2.99. The number of aliphatic hydroxyl groups excluding tert-OH is 1. The fourth-order valence-electron chi connectivity index (χ4n) is 3.57. The number of methoxy groups -OCH3 is 1. The van der Waals surface area contributed by atoms with Gasteiger partial charge in [-0.3, -0.25) is 9.59 Å². The minimum Gasteiger partial charge on any atom is -0.507 e. The van der Waals surface area contributed by atoms with Gasteiger partial charge in [-0.1, -0.05) is 40.2 Å². The molecule has 0 radical (unpaired) electrons. The first kappa shape index (κ1) is 22.1. The Hall–Kier alpha value is -2.64. The van der Waals surface area contributed by atoms with Gasteiger partial charge in [0.05, 0.1) is 18.2 Å². The van der Waals surface area contributed by atoms with Crippen LogP contribution in [0.25, 0.3) is 5.76 Å². The van der Waals surface area contributed by atoms with E-state index in [2.05, 4.69) is 15.9 Å². The number of hydrogen-bond donors (Lipinski definition) is 1. The molecule has 2 aromatic carbocycles. The van der Waals surface area contributed by atoms with E-state index < -0.39 is 17.7 Å². The second-order valence-corrected chi connectivity index (χ2v) is 7.77. The third-order valence-electron chi connectivity index (χ3n) is 4.87. The number of likely N-dealkylation sites (tertiary alicyclic amines) is 1. The van der Waals surface area contributed by atoms with Crippen LogP contribution in [0.5, 0.6) is 5.75 Å². The molecule has 0 saturated carbocycles. The Bertz CT molecular complexity index is 972. The highest BCUT2D eigenvalue weighted by Crippen LogP contribution is 2.40. The lowest BCUT2D eigenvalue weighted by Gasteiger charge is -2.25. The summed E-state index contributed by atoms with van der Waals surface area (Å²) in [5.74, 6) is -0.959. The van der Waals surface area contributed by atoms with Gasteiger partial charge in [0.15, 0.2) is 0 Å². The molecule has 3 rings (SSSR count). The van der Waals surface area contributed by atoms with Crippen LogP contribution in [0.1, 0.15) is 30.5 Å². The molecule has 1 unspecified atom stereocenters. The molecule has 0 bridgehead atoms. The van der Waals surface area contributed by atoms with Crippen molar-refractivity contribution in [2.75, 3.05) is 26.9 Å². The summed E-state index contributed by atoms with van der Waals surface area (Å²) in [5.41, 5.74) is 1.24. The van der Waals surface area contributed by atoms with Crippen molar-refractivity contribution >= 4 is 33.4 Å². The molecular formula is C23H24BrNO5. The standard InChI is InChI=1S/C23H24BrNO5/c1-3-30-18-10-5-8-16(14-18)21(26)19-20(15-7-4-9-17(24)13-15)25(11-6-12-29-2)23(28)22(19)27/h4-5,7-10,13-14,20,26H,3,6,11-12H2,1-2H3/b21-19+. The van der Waals surface area contributed by atoms with Crippen LogP contribution >= 0.6 is 15.9 Å². The number of nitrogens with zero attached hydrogens (tertiary/aromatic N) is 1. The molecule has 0 aliphatic carbocycles. The van der Waals surface area contributed by atoms with E-state index in [0.717, 1.165) is 10.0 Å². The summed E-state index contributed by atoms with van der Waals surface area (Å²) in [6.07, 6.45) is 0.577. The van der Waals surface area contributed by atoms with Gasteiger partial charge in [-0.05, 0) is 43.2 Å². The predicted molar refractivity (Wildman–Crippen MR) is 117 cm³/mol. The van der Waals surface area contributed by atoms with E-state index in [1.54, 1.807) is 31.4 Å². The predicted octanol–water partition coefficient (Wildman–Crippen LogP) is 4.31. The van der Waals surface area contributed by atoms with Crippen LogP contribution < -0.4 is 4.74 Å². The first-order chi connectivity index (χ1) is 14.5. The van der Waals surface area contributed by atoms with Crippen LogP contribution in [-0.2, 0) is 14.3 Å². The molecule has 1 aliphatic rings. The fourth-order valence-corrected chi connectivity index (χ4v) is 3.99. The maximum Gasteiger partial charge on any atom is 0.295 e. The topological polar surface area (TPSA) is 76.1 Å². The number of ketones is 1. The Morgan fingerprint density at radius 1 is 1.17 bits per heavy atom. The number of amides is 1. The van der Waals surface area contributed by atoms with Crippen LogP contribution in [0, 0.1) is 0 Å². The molecule has 1 N–H and O–H groups in total. The van der Waals surface area contributed by atoms with Gasteiger partial charge < -0.3 is 19.5 Å². The van der Waals surface area contributed by atoms with Gasteiger partial charge in [0.25, 0.3) is 11.7 Å². The minimum absolute atomic E-state index is 0.0733. The summed E-state index contributed by atoms with van der Waals surface area (Å²) in [7, 11) is 1.59. The Kier molecular flexibility index (Phi) is 7.29. The minimum atomic E-state index is -0.697. The number of benzene rings is 2. The van der Waals surface area contributed by atoms with Crippen molar-refractivity contribution in [2.45, 2.75) is 19.4 Å². The zero-order valence-electron chi connectivity index (χ0n) is 16.9. The van der Waals surface area contributed by atoms with E-state index >= 15 is 0 Å². The number of carbonyl (C=O) groups is 2. The molecule has 0 spiro atoms. The quantitative estimate of drug-likeness (QED) is 0.267. The average molecular weight is 474 g/mol. The van der Waals surface area contributed by atoms with Crippen LogP contribution in [0.15, 0.2) is 58.6 Å². The maximum atomic E-state index is 13.0. The van der Waals surface area contributed by atoms with Gasteiger partial charge in [0, 0.05) is 30.3 Å². The second kappa shape index (κ2) is 9.91. The Morgan fingerprint density at radius 2 is 1.93 bits per heavy atom. The van der Waals surface area contributed by atoms with E-state index in [1.165, 1.54) is 4.90 Å². The molecule has 30 heavy (non-hydrogen) atoms. The third-order valence-corrected chi connectivity index (χ3v) is 5.36. The molecule has 1 atom stereocenters. The summed E-state index contributed by atoms with van der Waals surface area (Å²) in [6, 6.07) is 13.6. The third kappa shape index (κ3) is 4.57. The summed E-state index contributed by atoms with van der Waals surface area (Å²) in [4.78, 5) is 27.3. The molecule has 7 heteroatoms. The van der Waals surface area contributed by atoms with E-state index in [-0.39, 0.29) is 11.3 Å². The van der Waals surface area contributed by atoms with Crippen LogP contribution in [0.4, 0.5) is 0 Å². The summed E-state index contributed by atoms with van der Waals surface area (Å²) in [6.45, 7) is 3.15. The molecule has 1 saturated heterocycles. The van der Waals surface area contributed by atoms with Crippen LogP contribution in [0.2, 0.25) is 0 Å². The summed E-state index contributed by atoms with van der Waals surface area (Å²) in [5, 5.41) is 11.1. The lowest BCUT2D eigenvalue weighted by atomic mass is 9.95. The molecule has 1 aliphatic heterocycles. The first-order valence-corrected chi connectivity index (χ1v) is 10.5. The van der Waals surface area contributed by atoms with Crippen molar-refractivity contribution in [3.63, 3.8) is 0 Å². The van der Waals surface area contributed by atoms with Gasteiger partial charge in [-0.25, -0.2) is 0 Å². The number of rotatable bonds is 8. The number of Topliss-reactive ketones (excluding diaryl/α,β-unsaturated/α-hetero) is 1. The van der Waals surface area contributed by atoms with Gasteiger partial charge in [-0.2, -0.15) is 0 Å². The van der Waals surface area contributed by atoms with E-state index in [9.17, 15) is 14.7 Å². The lowest BCUT2D eigenvalue weighted by Crippen LogP contribution is -2.31. The van der Waals surface area contributed by atoms with Gasteiger partial charge >= 0.3 is 0 Å². The SMILES string of the molecule is CCOc1cccc(/C(O)=C2\C(=O)C(=O)N(CCCOC)C2c2cccc(Br)c2)c1. The van der Waals surface area contributed by atoms with Crippen LogP contribution in [0.3, 0.4) is 0 Å². The van der Waals surface area contributed by atoms with E-state index in [0.29, 0.717) is 37.5 Å². The van der Waals surface area contributed by atoms with Crippen molar-refractivity contribution in [1.29, 1.82) is 0 Å². The zero-order chi connectivity index (χ0) is 21.7. The molecular weight excluding hydrogens is 450 g/mol. The Morgan fingerprint density at radius 3 is 2.63 bits per heavy atom. The fraction of sp³-hybridized carbons (Fsp3) is 0.304.